The van der Waals surface area contributed by atoms with Crippen molar-refractivity contribution in [3.8, 4) is 0 Å². The minimum absolute atomic E-state index is 0.0305. The molecule has 0 bridgehead atoms. The van der Waals surface area contributed by atoms with Crippen LogP contribution in [-0.2, 0) is 28.5 Å². The highest BCUT2D eigenvalue weighted by molar-refractivity contribution is 5.80. The highest BCUT2D eigenvalue weighted by Crippen LogP contribution is 2.35. The number of aliphatic hydroxyl groups is 7. The summed E-state index contributed by atoms with van der Waals surface area (Å²) in [5, 5.41) is 78.5. The lowest BCUT2D eigenvalue weighted by Crippen LogP contribution is -2.70. The number of amides is 1. The summed E-state index contributed by atoms with van der Waals surface area (Å²) in [5.41, 5.74) is 23.6. The summed E-state index contributed by atoms with van der Waals surface area (Å²) < 4.78 is 29.5. The van der Waals surface area contributed by atoms with Gasteiger partial charge in [0.2, 0.25) is 5.91 Å². The number of hydrogen-bond acceptors (Lipinski definition) is 18. The van der Waals surface area contributed by atoms with Crippen molar-refractivity contribution in [2.24, 2.45) is 22.9 Å². The summed E-state index contributed by atoms with van der Waals surface area (Å²) in [4.78, 5) is 12.3. The van der Waals surface area contributed by atoms with E-state index in [4.69, 9.17) is 46.6 Å². The Kier molecular flexibility index (Phi) is 12.3. The Hall–Kier alpha value is -1.21. The van der Waals surface area contributed by atoms with Gasteiger partial charge in [-0.05, 0) is 32.9 Å². The van der Waals surface area contributed by atoms with Crippen LogP contribution in [0, 0.1) is 0 Å². The Balaban J connectivity index is 1.41. The monoisotopic (exact) mass is 640 g/mol. The minimum Gasteiger partial charge on any atom is -0.394 e. The first-order chi connectivity index (χ1) is 20.8. The first-order valence-electron chi connectivity index (χ1n) is 14.7. The number of aliphatic hydroxyl groups excluding tert-OH is 7. The maximum atomic E-state index is 12.3. The summed E-state index contributed by atoms with van der Waals surface area (Å²) in [6, 6.07) is -4.54. The van der Waals surface area contributed by atoms with E-state index in [-0.39, 0.29) is 25.8 Å². The summed E-state index contributed by atoms with van der Waals surface area (Å²) in [6.45, 7) is -0.662. The van der Waals surface area contributed by atoms with Crippen LogP contribution in [0.4, 0.5) is 0 Å². The number of nitrogens with two attached hydrogens (primary N) is 4. The Bertz CT molecular complexity index is 941. The van der Waals surface area contributed by atoms with Crippen molar-refractivity contribution in [2.45, 2.75) is 129 Å². The number of carbonyl (C=O) groups excluding carboxylic acids is 1. The average molecular weight is 641 g/mol. The molecule has 0 aromatic heterocycles. The van der Waals surface area contributed by atoms with Crippen molar-refractivity contribution in [2.75, 3.05) is 20.2 Å². The standard InChI is InChI=1S/C25H48N6O13/c1-30-14-17(36)21-11(5-9(29)23(43-21)42-20-8(28)4-7(27)15(34)18(20)37)40-24(14)44-25-19(38)16(35)13(12(6-32)41-25)31-22(39)10(33)2-3-26/h7-21,23-25,30,32-38H,2-6,26-29H2,1H3,(H,31,39)/t7-,8?,9?,10+,11+,12?,13-,14?,15?,16+,17?,18-,19?,20-,21?,23+,24?,25-/m1/s1. The molecule has 1 saturated carbocycles. The van der Waals surface area contributed by atoms with Gasteiger partial charge in [-0.25, -0.2) is 0 Å². The predicted octanol–water partition coefficient (Wildman–Crippen LogP) is -8.08. The van der Waals surface area contributed by atoms with E-state index in [1.165, 1.54) is 7.05 Å². The molecule has 4 rings (SSSR count). The normalized spacial score (nSPS) is 48.8. The zero-order chi connectivity index (χ0) is 32.5. The van der Waals surface area contributed by atoms with Crippen LogP contribution in [0.2, 0.25) is 0 Å². The molecule has 44 heavy (non-hydrogen) atoms. The van der Waals surface area contributed by atoms with Gasteiger partial charge in [0.05, 0.1) is 36.9 Å². The molecule has 3 aliphatic heterocycles. The summed E-state index contributed by atoms with van der Waals surface area (Å²) >= 11 is 0. The van der Waals surface area contributed by atoms with E-state index in [9.17, 15) is 40.5 Å². The first-order valence-corrected chi connectivity index (χ1v) is 14.7. The Morgan fingerprint density at radius 3 is 2.18 bits per heavy atom. The molecule has 0 spiro atoms. The fourth-order valence-corrected chi connectivity index (χ4v) is 6.15. The number of ether oxygens (including phenoxy) is 5. The smallest absolute Gasteiger partial charge is 0.249 e. The number of fused-ring (bicyclic) bond motifs is 1. The van der Waals surface area contributed by atoms with Gasteiger partial charge in [0.1, 0.15) is 48.8 Å². The second-order valence-electron chi connectivity index (χ2n) is 11.8. The molecule has 1 aliphatic carbocycles. The van der Waals surface area contributed by atoms with Gasteiger partial charge in [-0.2, -0.15) is 0 Å². The molecule has 1 amide bonds. The van der Waals surface area contributed by atoms with Crippen LogP contribution in [0.3, 0.4) is 0 Å². The molecule has 0 radical (unpaired) electrons. The maximum absolute atomic E-state index is 12.3. The van der Waals surface area contributed by atoms with Crippen molar-refractivity contribution in [1.29, 1.82) is 0 Å². The van der Waals surface area contributed by atoms with Crippen molar-refractivity contribution in [3.63, 3.8) is 0 Å². The van der Waals surface area contributed by atoms with Gasteiger partial charge in [-0.15, -0.1) is 0 Å². The van der Waals surface area contributed by atoms with Gasteiger partial charge in [0.25, 0.3) is 0 Å². The van der Waals surface area contributed by atoms with Crippen LogP contribution in [0.1, 0.15) is 19.3 Å². The molecule has 3 heterocycles. The van der Waals surface area contributed by atoms with Gasteiger partial charge in [-0.1, -0.05) is 0 Å². The minimum atomic E-state index is -1.75. The molecular weight excluding hydrogens is 592 g/mol. The second-order valence-corrected chi connectivity index (χ2v) is 11.8. The molecule has 18 atom stereocenters. The quantitative estimate of drug-likeness (QED) is 0.105. The SMILES string of the molecule is CNC1C(O[C@H]2OC(CO)[C@@H](NC(=O)[C@@H](O)CCN)[C@H](O)C2O)O[C@H]2CC(N)[C@@H](O[C@@H]3C(N)C[C@@H](N)C(O)[C@H]3O)OC2C1O. The largest absolute Gasteiger partial charge is 0.394 e. The van der Waals surface area contributed by atoms with E-state index < -0.39 is 123 Å². The van der Waals surface area contributed by atoms with Crippen molar-refractivity contribution in [3.05, 3.63) is 0 Å². The van der Waals surface area contributed by atoms with Crippen LogP contribution in [0.5, 0.6) is 0 Å². The van der Waals surface area contributed by atoms with E-state index in [2.05, 4.69) is 10.6 Å². The lowest BCUT2D eigenvalue weighted by atomic mass is 9.84. The molecule has 4 fully saturated rings. The lowest BCUT2D eigenvalue weighted by Gasteiger charge is -2.51. The second kappa shape index (κ2) is 15.1. The van der Waals surface area contributed by atoms with Gasteiger partial charge in [0.15, 0.2) is 18.9 Å². The number of nitrogens with one attached hydrogen (secondary N) is 2. The summed E-state index contributed by atoms with van der Waals surface area (Å²) in [5.74, 6) is -0.871. The van der Waals surface area contributed by atoms with Crippen LogP contribution in [0.25, 0.3) is 0 Å². The van der Waals surface area contributed by atoms with Crippen LogP contribution >= 0.6 is 0 Å². The fourth-order valence-electron chi connectivity index (χ4n) is 6.15. The topological polar surface area (TPSA) is 333 Å². The summed E-state index contributed by atoms with van der Waals surface area (Å²) in [7, 11) is 1.51. The Morgan fingerprint density at radius 2 is 1.55 bits per heavy atom. The molecular formula is C25H48N6O13. The molecule has 3 saturated heterocycles. The predicted molar refractivity (Wildman–Crippen MR) is 147 cm³/mol. The van der Waals surface area contributed by atoms with Crippen molar-refractivity contribution < 1.29 is 64.2 Å². The third-order valence-corrected chi connectivity index (χ3v) is 8.74. The molecule has 19 heteroatoms. The highest BCUT2D eigenvalue weighted by Gasteiger charge is 2.54. The molecule has 256 valence electrons. The lowest BCUT2D eigenvalue weighted by molar-refractivity contribution is -0.373. The van der Waals surface area contributed by atoms with E-state index in [1.807, 2.05) is 0 Å². The van der Waals surface area contributed by atoms with Gasteiger partial charge >= 0.3 is 0 Å². The molecule has 9 unspecified atom stereocenters. The molecule has 17 N–H and O–H groups in total. The molecule has 0 aromatic rings. The third-order valence-electron chi connectivity index (χ3n) is 8.74. The number of hydrogen-bond donors (Lipinski definition) is 13. The highest BCUT2D eigenvalue weighted by atomic mass is 16.8. The van der Waals surface area contributed by atoms with Gasteiger partial charge in [0, 0.05) is 12.1 Å². The van der Waals surface area contributed by atoms with Gasteiger partial charge < -0.3 is 93.0 Å². The van der Waals surface area contributed by atoms with Crippen LogP contribution in [0.15, 0.2) is 0 Å². The average Bonchev–Trinajstić information content (AvgIpc) is 2.98. The van der Waals surface area contributed by atoms with E-state index in [0.29, 0.717) is 0 Å². The van der Waals surface area contributed by atoms with Crippen molar-refractivity contribution in [1.82, 2.24) is 10.6 Å². The third kappa shape index (κ3) is 7.34. The number of rotatable bonds is 10. The Morgan fingerprint density at radius 1 is 0.841 bits per heavy atom. The molecule has 4 aliphatic rings. The Labute approximate surface area is 253 Å². The molecule has 0 aromatic carbocycles. The van der Waals surface area contributed by atoms with E-state index in [1.54, 1.807) is 0 Å². The molecule has 19 nitrogen and oxygen atoms in total. The summed E-state index contributed by atoms with van der Waals surface area (Å²) in [6.07, 6.45) is -16.7. The fraction of sp³-hybridized carbons (Fsp3) is 0.960. The number of carbonyl (C=O) groups is 1. The first kappa shape index (κ1) is 35.6. The van der Waals surface area contributed by atoms with Gasteiger partial charge in [-0.3, -0.25) is 4.79 Å². The number of likely N-dealkylation sites (N-methyl/N-ethyl adjacent to an activating group) is 1. The zero-order valence-electron chi connectivity index (χ0n) is 24.3. The van der Waals surface area contributed by atoms with E-state index in [0.717, 1.165) is 0 Å². The zero-order valence-corrected chi connectivity index (χ0v) is 24.3. The maximum Gasteiger partial charge on any atom is 0.249 e. The van der Waals surface area contributed by atoms with E-state index >= 15 is 0 Å². The van der Waals surface area contributed by atoms with Crippen LogP contribution < -0.4 is 33.6 Å². The van der Waals surface area contributed by atoms with Crippen molar-refractivity contribution >= 4 is 5.91 Å². The van der Waals surface area contributed by atoms with Crippen LogP contribution in [-0.4, -0.2) is 172 Å².